The van der Waals surface area contributed by atoms with Crippen molar-refractivity contribution in [1.82, 2.24) is 4.98 Å². The van der Waals surface area contributed by atoms with Gasteiger partial charge in [-0.1, -0.05) is 23.2 Å². The van der Waals surface area contributed by atoms with Crippen molar-refractivity contribution in [1.29, 1.82) is 0 Å². The van der Waals surface area contributed by atoms with Crippen LogP contribution in [0.5, 0.6) is 5.75 Å². The highest BCUT2D eigenvalue weighted by atomic mass is 79.9. The molecule has 6 heteroatoms. The van der Waals surface area contributed by atoms with Crippen LogP contribution in [0.1, 0.15) is 18.6 Å². The van der Waals surface area contributed by atoms with E-state index in [1.807, 2.05) is 0 Å². The van der Waals surface area contributed by atoms with Crippen molar-refractivity contribution in [2.75, 3.05) is 0 Å². The first-order valence-corrected chi connectivity index (χ1v) is 6.94. The molecule has 1 aromatic carbocycles. The van der Waals surface area contributed by atoms with E-state index in [9.17, 15) is 4.39 Å². The maximum absolute atomic E-state index is 13.5. The molecule has 1 heterocycles. The second kappa shape index (κ2) is 6.07. The summed E-state index contributed by atoms with van der Waals surface area (Å²) in [4.78, 5) is 3.98. The van der Waals surface area contributed by atoms with Crippen LogP contribution in [0.2, 0.25) is 10.0 Å². The molecule has 0 bridgehead atoms. The van der Waals surface area contributed by atoms with Gasteiger partial charge in [-0.25, -0.2) is 4.39 Å². The zero-order valence-corrected chi connectivity index (χ0v) is 12.9. The number of aromatic nitrogens is 1. The quantitative estimate of drug-likeness (QED) is 0.677. The lowest BCUT2D eigenvalue weighted by Gasteiger charge is -2.17. The van der Waals surface area contributed by atoms with Crippen molar-refractivity contribution >= 4 is 39.1 Å². The lowest BCUT2D eigenvalue weighted by Crippen LogP contribution is -2.06. The van der Waals surface area contributed by atoms with E-state index in [1.165, 1.54) is 12.1 Å². The maximum Gasteiger partial charge on any atom is 0.142 e. The van der Waals surface area contributed by atoms with Gasteiger partial charge in [-0.2, -0.15) is 0 Å². The van der Waals surface area contributed by atoms with Crippen LogP contribution >= 0.6 is 39.1 Å². The van der Waals surface area contributed by atoms with Gasteiger partial charge in [0.05, 0.1) is 11.2 Å². The molecule has 1 atom stereocenters. The predicted molar refractivity (Wildman–Crippen MR) is 77.4 cm³/mol. The summed E-state index contributed by atoms with van der Waals surface area (Å²) in [5.74, 6) is 0.0159. The minimum absolute atomic E-state index is 0.0250. The second-order valence-corrected chi connectivity index (χ2v) is 5.56. The normalized spacial score (nSPS) is 12.3. The van der Waals surface area contributed by atoms with Crippen molar-refractivity contribution in [2.24, 2.45) is 0 Å². The van der Waals surface area contributed by atoms with Crippen LogP contribution in [-0.4, -0.2) is 4.98 Å². The lowest BCUT2D eigenvalue weighted by molar-refractivity contribution is 0.225. The summed E-state index contributed by atoms with van der Waals surface area (Å²) in [6.07, 6.45) is 2.70. The molecule has 1 aromatic heterocycles. The minimum Gasteiger partial charge on any atom is -0.484 e. The first kappa shape index (κ1) is 14.6. The molecule has 0 aliphatic carbocycles. The Labute approximate surface area is 128 Å². The highest BCUT2D eigenvalue weighted by Crippen LogP contribution is 2.34. The van der Waals surface area contributed by atoms with Gasteiger partial charge < -0.3 is 4.74 Å². The van der Waals surface area contributed by atoms with E-state index >= 15 is 0 Å². The van der Waals surface area contributed by atoms with E-state index in [4.69, 9.17) is 27.9 Å². The molecule has 100 valence electrons. The zero-order valence-electron chi connectivity index (χ0n) is 9.83. The van der Waals surface area contributed by atoms with E-state index in [-0.39, 0.29) is 5.02 Å². The van der Waals surface area contributed by atoms with Crippen molar-refractivity contribution in [3.8, 4) is 5.75 Å². The molecular weight excluding hydrogens is 356 g/mol. The number of nitrogens with zero attached hydrogens (tertiary/aromatic N) is 1. The van der Waals surface area contributed by atoms with Crippen LogP contribution in [0.3, 0.4) is 0 Å². The molecule has 2 rings (SSSR count). The van der Waals surface area contributed by atoms with Gasteiger partial charge in [0.1, 0.15) is 17.7 Å². The summed E-state index contributed by atoms with van der Waals surface area (Å²) in [5, 5.41) is 0.338. The number of pyridine rings is 1. The van der Waals surface area contributed by atoms with Gasteiger partial charge in [-0.15, -0.1) is 0 Å². The topological polar surface area (TPSA) is 22.1 Å². The molecule has 0 saturated heterocycles. The minimum atomic E-state index is -0.524. The molecule has 2 aromatic rings. The predicted octanol–water partition coefficient (Wildman–Crippen LogP) is 5.43. The molecule has 0 aliphatic heterocycles. The third-order valence-corrected chi connectivity index (χ3v) is 3.63. The van der Waals surface area contributed by atoms with Gasteiger partial charge in [0, 0.05) is 21.3 Å². The Morgan fingerprint density at radius 1 is 1.32 bits per heavy atom. The fourth-order valence-corrected chi connectivity index (χ4v) is 2.66. The summed E-state index contributed by atoms with van der Waals surface area (Å²) >= 11 is 15.3. The van der Waals surface area contributed by atoms with E-state index in [2.05, 4.69) is 20.9 Å². The van der Waals surface area contributed by atoms with Gasteiger partial charge in [0.25, 0.3) is 0 Å². The number of hydrogen-bond acceptors (Lipinski definition) is 2. The summed E-state index contributed by atoms with van der Waals surface area (Å²) in [6, 6.07) is 4.43. The smallest absolute Gasteiger partial charge is 0.142 e. The molecule has 0 radical (unpaired) electrons. The van der Waals surface area contributed by atoms with Crippen molar-refractivity contribution < 1.29 is 9.13 Å². The summed E-state index contributed by atoms with van der Waals surface area (Å²) in [5.41, 5.74) is 0.420. The van der Waals surface area contributed by atoms with E-state index in [1.54, 1.807) is 25.4 Å². The molecule has 0 aliphatic rings. The Hall–Kier alpha value is -0.840. The fourth-order valence-electron chi connectivity index (χ4n) is 1.64. The van der Waals surface area contributed by atoms with Crippen LogP contribution in [0.15, 0.2) is 35.1 Å². The number of hydrogen-bond donors (Lipinski definition) is 0. The Balaban J connectivity index is 2.30. The van der Waals surface area contributed by atoms with E-state index in [0.29, 0.717) is 16.3 Å². The highest BCUT2D eigenvalue weighted by molar-refractivity contribution is 9.10. The Bertz CT molecular complexity index is 609. The van der Waals surface area contributed by atoms with Crippen LogP contribution in [0, 0.1) is 5.82 Å². The third kappa shape index (κ3) is 3.38. The first-order valence-electron chi connectivity index (χ1n) is 5.39. The van der Waals surface area contributed by atoms with E-state index in [0.717, 1.165) is 4.47 Å². The van der Waals surface area contributed by atoms with Crippen molar-refractivity contribution in [2.45, 2.75) is 13.0 Å². The van der Waals surface area contributed by atoms with Crippen molar-refractivity contribution in [3.05, 3.63) is 56.5 Å². The average Bonchev–Trinajstić information content (AvgIpc) is 2.34. The molecule has 2 nitrogen and oxygen atoms in total. The molecule has 0 amide bonds. The van der Waals surface area contributed by atoms with Gasteiger partial charge in [-0.3, -0.25) is 4.98 Å². The summed E-state index contributed by atoms with van der Waals surface area (Å²) in [7, 11) is 0. The van der Waals surface area contributed by atoms with E-state index < -0.39 is 11.9 Å². The SMILES string of the molecule is CC(Oc1cncc(Br)c1)c1c(Cl)ccc(F)c1Cl. The van der Waals surface area contributed by atoms with Crippen LogP contribution in [-0.2, 0) is 0 Å². The molecule has 19 heavy (non-hydrogen) atoms. The number of rotatable bonds is 3. The third-order valence-electron chi connectivity index (χ3n) is 2.48. The second-order valence-electron chi connectivity index (χ2n) is 3.86. The standard InChI is InChI=1S/C13H9BrCl2FNO/c1-7(19-9-4-8(14)5-18-6-9)12-10(15)2-3-11(17)13(12)16/h2-7H,1H3. The van der Waals surface area contributed by atoms with Gasteiger partial charge in [-0.05, 0) is 41.1 Å². The summed E-state index contributed by atoms with van der Waals surface area (Å²) in [6.45, 7) is 1.74. The fraction of sp³-hybridized carbons (Fsp3) is 0.154. The largest absolute Gasteiger partial charge is 0.484 e. The maximum atomic E-state index is 13.5. The van der Waals surface area contributed by atoms with Crippen LogP contribution < -0.4 is 4.74 Å². The first-order chi connectivity index (χ1) is 8.99. The lowest BCUT2D eigenvalue weighted by atomic mass is 10.1. The van der Waals surface area contributed by atoms with Gasteiger partial charge >= 0.3 is 0 Å². The zero-order chi connectivity index (χ0) is 14.0. The number of ether oxygens (including phenoxy) is 1. The molecule has 0 N–H and O–H groups in total. The highest BCUT2D eigenvalue weighted by Gasteiger charge is 2.18. The summed E-state index contributed by atoms with van der Waals surface area (Å²) < 4.78 is 19.9. The van der Waals surface area contributed by atoms with Crippen LogP contribution in [0.25, 0.3) is 0 Å². The molecule has 0 saturated carbocycles. The number of halogens is 4. The molecule has 0 fully saturated rings. The van der Waals surface area contributed by atoms with Gasteiger partial charge in [0.2, 0.25) is 0 Å². The Morgan fingerprint density at radius 2 is 2.05 bits per heavy atom. The number of benzene rings is 1. The average molecular weight is 365 g/mol. The van der Waals surface area contributed by atoms with Crippen LogP contribution in [0.4, 0.5) is 4.39 Å². The Morgan fingerprint density at radius 3 is 2.74 bits per heavy atom. The Kier molecular flexibility index (Phi) is 4.66. The molecule has 0 spiro atoms. The molecule has 1 unspecified atom stereocenters. The van der Waals surface area contributed by atoms with Gasteiger partial charge in [0.15, 0.2) is 0 Å². The van der Waals surface area contributed by atoms with Crippen molar-refractivity contribution in [3.63, 3.8) is 0 Å². The monoisotopic (exact) mass is 363 g/mol. The molecular formula is C13H9BrCl2FNO.